The van der Waals surface area contributed by atoms with Crippen LogP contribution in [0.25, 0.3) is 21.7 Å². The molecule has 0 saturated carbocycles. The van der Waals surface area contributed by atoms with Crippen LogP contribution in [0.3, 0.4) is 0 Å². The molecule has 4 nitrogen and oxygen atoms in total. The summed E-state index contributed by atoms with van der Waals surface area (Å²) in [5.41, 5.74) is 2.15. The Labute approximate surface area is 140 Å². The zero-order valence-corrected chi connectivity index (χ0v) is 13.4. The number of methoxy groups -OCH3 is 1. The summed E-state index contributed by atoms with van der Waals surface area (Å²) in [5, 5.41) is 6.82. The first-order chi connectivity index (χ1) is 11.8. The maximum Gasteiger partial charge on any atom is 0.137 e. The zero-order chi connectivity index (χ0) is 16.4. The van der Waals surface area contributed by atoms with Crippen LogP contribution in [-0.4, -0.2) is 17.1 Å². The van der Waals surface area contributed by atoms with Gasteiger partial charge in [-0.1, -0.05) is 30.3 Å². The van der Waals surface area contributed by atoms with Crippen molar-refractivity contribution in [1.29, 1.82) is 0 Å². The molecule has 0 radical (unpaired) electrons. The molecule has 0 spiro atoms. The fourth-order valence-corrected chi connectivity index (χ4v) is 2.84. The van der Waals surface area contributed by atoms with Crippen LogP contribution in [0, 0.1) is 0 Å². The van der Waals surface area contributed by atoms with Gasteiger partial charge in [0.15, 0.2) is 0 Å². The molecule has 4 aromatic rings. The Balaban J connectivity index is 1.60. The summed E-state index contributed by atoms with van der Waals surface area (Å²) in [5.74, 6) is 1.73. The molecular formula is C20H17N3O. The average molecular weight is 315 g/mol. The van der Waals surface area contributed by atoms with Crippen molar-refractivity contribution in [2.75, 3.05) is 12.4 Å². The fraction of sp³-hybridized carbons (Fsp3) is 0.100. The summed E-state index contributed by atoms with van der Waals surface area (Å²) in [4.78, 5) is 8.66. The lowest BCUT2D eigenvalue weighted by Gasteiger charge is -2.09. The van der Waals surface area contributed by atoms with Crippen LogP contribution >= 0.6 is 0 Å². The molecule has 0 bridgehead atoms. The second kappa shape index (κ2) is 6.16. The maximum atomic E-state index is 5.27. The van der Waals surface area contributed by atoms with E-state index in [0.29, 0.717) is 6.54 Å². The highest BCUT2D eigenvalue weighted by molar-refractivity contribution is 5.89. The summed E-state index contributed by atoms with van der Waals surface area (Å²) in [6.45, 7) is 0.711. The Bertz CT molecular complexity index is 1010. The molecule has 118 valence electrons. The SMILES string of the molecule is COc1ccc2cc(CNc3ncnc4ccccc34)ccc2c1. The van der Waals surface area contributed by atoms with Gasteiger partial charge in [-0.05, 0) is 46.7 Å². The number of ether oxygens (including phenoxy) is 1. The van der Waals surface area contributed by atoms with E-state index in [4.69, 9.17) is 4.74 Å². The van der Waals surface area contributed by atoms with Gasteiger partial charge in [-0.25, -0.2) is 9.97 Å². The van der Waals surface area contributed by atoms with E-state index in [1.807, 2.05) is 36.4 Å². The monoisotopic (exact) mass is 315 g/mol. The predicted octanol–water partition coefficient (Wildman–Crippen LogP) is 4.40. The lowest BCUT2D eigenvalue weighted by Crippen LogP contribution is -2.02. The van der Waals surface area contributed by atoms with Crippen molar-refractivity contribution in [3.8, 4) is 5.75 Å². The van der Waals surface area contributed by atoms with Crippen LogP contribution in [0.1, 0.15) is 5.56 Å². The van der Waals surface area contributed by atoms with Crippen molar-refractivity contribution < 1.29 is 4.74 Å². The van der Waals surface area contributed by atoms with Crippen LogP contribution < -0.4 is 10.1 Å². The van der Waals surface area contributed by atoms with E-state index in [9.17, 15) is 0 Å². The molecule has 4 rings (SSSR count). The number of anilines is 1. The molecule has 0 amide bonds. The number of para-hydroxylation sites is 1. The van der Waals surface area contributed by atoms with Crippen LogP contribution in [0.4, 0.5) is 5.82 Å². The van der Waals surface area contributed by atoms with E-state index in [1.54, 1.807) is 13.4 Å². The molecule has 0 atom stereocenters. The number of hydrogen-bond donors (Lipinski definition) is 1. The van der Waals surface area contributed by atoms with Crippen molar-refractivity contribution in [3.05, 3.63) is 72.6 Å². The number of fused-ring (bicyclic) bond motifs is 2. The van der Waals surface area contributed by atoms with Crippen molar-refractivity contribution in [2.45, 2.75) is 6.54 Å². The Kier molecular flexibility index (Phi) is 3.71. The van der Waals surface area contributed by atoms with Gasteiger partial charge in [-0.2, -0.15) is 0 Å². The highest BCUT2D eigenvalue weighted by atomic mass is 16.5. The molecular weight excluding hydrogens is 298 g/mol. The Morgan fingerprint density at radius 1 is 0.917 bits per heavy atom. The van der Waals surface area contributed by atoms with E-state index in [-0.39, 0.29) is 0 Å². The first kappa shape index (κ1) is 14.5. The van der Waals surface area contributed by atoms with Gasteiger partial charge in [-0.15, -0.1) is 0 Å². The van der Waals surface area contributed by atoms with Crippen molar-refractivity contribution in [2.24, 2.45) is 0 Å². The number of benzene rings is 3. The van der Waals surface area contributed by atoms with Gasteiger partial charge in [0.25, 0.3) is 0 Å². The van der Waals surface area contributed by atoms with Crippen molar-refractivity contribution in [3.63, 3.8) is 0 Å². The van der Waals surface area contributed by atoms with E-state index in [2.05, 4.69) is 39.6 Å². The largest absolute Gasteiger partial charge is 0.497 e. The molecule has 0 saturated heterocycles. The number of nitrogens with one attached hydrogen (secondary N) is 1. The molecule has 1 heterocycles. The van der Waals surface area contributed by atoms with E-state index in [1.165, 1.54) is 16.3 Å². The minimum Gasteiger partial charge on any atom is -0.497 e. The van der Waals surface area contributed by atoms with Gasteiger partial charge >= 0.3 is 0 Å². The second-order valence-electron chi connectivity index (χ2n) is 5.64. The minimum absolute atomic E-state index is 0.711. The minimum atomic E-state index is 0.711. The summed E-state index contributed by atoms with van der Waals surface area (Å²) in [6, 6.07) is 20.5. The number of hydrogen-bond acceptors (Lipinski definition) is 4. The Morgan fingerprint density at radius 3 is 2.67 bits per heavy atom. The summed E-state index contributed by atoms with van der Waals surface area (Å²) in [6.07, 6.45) is 1.59. The van der Waals surface area contributed by atoms with Gasteiger partial charge in [0.05, 0.1) is 12.6 Å². The zero-order valence-electron chi connectivity index (χ0n) is 13.4. The number of nitrogens with zero attached hydrogens (tertiary/aromatic N) is 2. The van der Waals surface area contributed by atoms with Gasteiger partial charge < -0.3 is 10.1 Å². The van der Waals surface area contributed by atoms with Crippen molar-refractivity contribution >= 4 is 27.5 Å². The highest BCUT2D eigenvalue weighted by Crippen LogP contribution is 2.23. The van der Waals surface area contributed by atoms with Crippen LogP contribution in [0.5, 0.6) is 5.75 Å². The molecule has 1 N–H and O–H groups in total. The fourth-order valence-electron chi connectivity index (χ4n) is 2.84. The lowest BCUT2D eigenvalue weighted by atomic mass is 10.1. The van der Waals surface area contributed by atoms with Gasteiger partial charge in [0, 0.05) is 11.9 Å². The first-order valence-electron chi connectivity index (χ1n) is 7.84. The summed E-state index contributed by atoms with van der Waals surface area (Å²) >= 11 is 0. The van der Waals surface area contributed by atoms with E-state index >= 15 is 0 Å². The van der Waals surface area contributed by atoms with Gasteiger partial charge in [-0.3, -0.25) is 0 Å². The van der Waals surface area contributed by atoms with Gasteiger partial charge in [0.1, 0.15) is 17.9 Å². The summed E-state index contributed by atoms with van der Waals surface area (Å²) < 4.78 is 5.27. The smallest absolute Gasteiger partial charge is 0.137 e. The Morgan fingerprint density at radius 2 is 1.75 bits per heavy atom. The molecule has 1 aromatic heterocycles. The number of aromatic nitrogens is 2. The van der Waals surface area contributed by atoms with Crippen LogP contribution in [0.15, 0.2) is 67.0 Å². The number of rotatable bonds is 4. The maximum absolute atomic E-state index is 5.27. The first-order valence-corrected chi connectivity index (χ1v) is 7.84. The summed E-state index contributed by atoms with van der Waals surface area (Å²) in [7, 11) is 1.69. The van der Waals surface area contributed by atoms with Crippen LogP contribution in [0.2, 0.25) is 0 Å². The second-order valence-corrected chi connectivity index (χ2v) is 5.64. The third-order valence-corrected chi connectivity index (χ3v) is 4.11. The molecule has 0 aliphatic rings. The standard InChI is InChI=1S/C20H17N3O/c1-24-17-9-8-15-10-14(6-7-16(15)11-17)12-21-20-18-4-2-3-5-19(18)22-13-23-20/h2-11,13H,12H2,1H3,(H,21,22,23). The third kappa shape index (κ3) is 2.74. The third-order valence-electron chi connectivity index (χ3n) is 4.11. The molecule has 0 unspecified atom stereocenters. The van der Waals surface area contributed by atoms with Crippen molar-refractivity contribution in [1.82, 2.24) is 9.97 Å². The Hall–Kier alpha value is -3.14. The highest BCUT2D eigenvalue weighted by Gasteiger charge is 2.03. The van der Waals surface area contributed by atoms with E-state index in [0.717, 1.165) is 22.5 Å². The van der Waals surface area contributed by atoms with Crippen LogP contribution in [-0.2, 0) is 6.54 Å². The lowest BCUT2D eigenvalue weighted by molar-refractivity contribution is 0.415. The van der Waals surface area contributed by atoms with E-state index < -0.39 is 0 Å². The van der Waals surface area contributed by atoms with Gasteiger partial charge in [0.2, 0.25) is 0 Å². The quantitative estimate of drug-likeness (QED) is 0.606. The molecule has 0 aliphatic carbocycles. The predicted molar refractivity (Wildman–Crippen MR) is 97.4 cm³/mol. The molecule has 0 fully saturated rings. The molecule has 0 aliphatic heterocycles. The molecule has 3 aromatic carbocycles. The topological polar surface area (TPSA) is 47.0 Å². The normalized spacial score (nSPS) is 10.9. The molecule has 24 heavy (non-hydrogen) atoms. The average Bonchev–Trinajstić information content (AvgIpc) is 2.65. The molecule has 4 heteroatoms.